The number of rotatable bonds is 5. The second-order valence-corrected chi connectivity index (χ2v) is 5.48. The maximum Gasteiger partial charge on any atom is 0.391 e. The molecule has 0 aliphatic carbocycles. The third kappa shape index (κ3) is 4.70. The molecular formula is C16H16F3NS. The molecule has 0 amide bonds. The van der Waals surface area contributed by atoms with Gasteiger partial charge in [0, 0.05) is 10.6 Å². The van der Waals surface area contributed by atoms with Crippen LogP contribution in [0.15, 0.2) is 59.5 Å². The van der Waals surface area contributed by atoms with E-state index in [-0.39, 0.29) is 0 Å². The molecule has 2 aromatic carbocycles. The minimum atomic E-state index is -4.22. The lowest BCUT2D eigenvalue weighted by Crippen LogP contribution is -2.20. The van der Waals surface area contributed by atoms with E-state index >= 15 is 0 Å². The summed E-state index contributed by atoms with van der Waals surface area (Å²) in [5.74, 6) is 0. The number of anilines is 1. The van der Waals surface area contributed by atoms with E-state index in [1.807, 2.05) is 24.5 Å². The first-order valence-corrected chi connectivity index (χ1v) is 7.73. The molecule has 0 fully saturated rings. The van der Waals surface area contributed by atoms with Crippen molar-refractivity contribution in [3.63, 3.8) is 0 Å². The van der Waals surface area contributed by atoms with Gasteiger partial charge in [0.25, 0.3) is 0 Å². The fourth-order valence-corrected chi connectivity index (χ4v) is 2.68. The molecule has 1 nitrogen and oxygen atoms in total. The van der Waals surface area contributed by atoms with Crippen LogP contribution < -0.4 is 5.32 Å². The van der Waals surface area contributed by atoms with E-state index in [0.717, 1.165) is 10.6 Å². The van der Waals surface area contributed by atoms with Gasteiger partial charge >= 0.3 is 6.18 Å². The SMILES string of the molecule is CSc1ccccc1NC(CC(F)(F)F)c1ccccc1. The van der Waals surface area contributed by atoms with Crippen LogP contribution >= 0.6 is 11.8 Å². The number of para-hydroxylation sites is 1. The van der Waals surface area contributed by atoms with Crippen molar-refractivity contribution in [2.24, 2.45) is 0 Å². The monoisotopic (exact) mass is 311 g/mol. The second-order valence-electron chi connectivity index (χ2n) is 4.63. The molecule has 2 aromatic rings. The van der Waals surface area contributed by atoms with Gasteiger partial charge in [0.05, 0.1) is 12.5 Å². The van der Waals surface area contributed by atoms with Crippen molar-refractivity contribution in [2.45, 2.75) is 23.5 Å². The fourth-order valence-electron chi connectivity index (χ4n) is 2.12. The van der Waals surface area contributed by atoms with E-state index in [4.69, 9.17) is 0 Å². The van der Waals surface area contributed by atoms with Gasteiger partial charge in [0.2, 0.25) is 0 Å². The first-order chi connectivity index (χ1) is 9.99. The van der Waals surface area contributed by atoms with Gasteiger partial charge in [0.1, 0.15) is 0 Å². The summed E-state index contributed by atoms with van der Waals surface area (Å²) >= 11 is 1.51. The zero-order valence-electron chi connectivity index (χ0n) is 11.5. The lowest BCUT2D eigenvalue weighted by Gasteiger charge is -2.23. The average molecular weight is 311 g/mol. The highest BCUT2D eigenvalue weighted by Gasteiger charge is 2.32. The summed E-state index contributed by atoms with van der Waals surface area (Å²) < 4.78 is 38.5. The van der Waals surface area contributed by atoms with Gasteiger partial charge < -0.3 is 5.32 Å². The van der Waals surface area contributed by atoms with Gasteiger partial charge in [-0.15, -0.1) is 11.8 Å². The molecule has 0 radical (unpaired) electrons. The number of nitrogens with one attached hydrogen (secondary N) is 1. The van der Waals surface area contributed by atoms with Crippen LogP contribution in [0.3, 0.4) is 0 Å². The Morgan fingerprint density at radius 3 is 2.24 bits per heavy atom. The molecule has 0 saturated carbocycles. The van der Waals surface area contributed by atoms with Crippen LogP contribution in [0.1, 0.15) is 18.0 Å². The molecule has 0 aliphatic rings. The van der Waals surface area contributed by atoms with Crippen LogP contribution in [0.25, 0.3) is 0 Å². The van der Waals surface area contributed by atoms with Crippen LogP contribution in [0, 0.1) is 0 Å². The summed E-state index contributed by atoms with van der Waals surface area (Å²) in [4.78, 5) is 0.931. The first kappa shape index (κ1) is 15.8. The van der Waals surface area contributed by atoms with E-state index < -0.39 is 18.6 Å². The van der Waals surface area contributed by atoms with Crippen LogP contribution in [-0.2, 0) is 0 Å². The topological polar surface area (TPSA) is 12.0 Å². The Kier molecular flexibility index (Phi) is 5.17. The Hall–Kier alpha value is -1.62. The predicted octanol–water partition coefficient (Wildman–Crippen LogP) is 5.51. The summed E-state index contributed by atoms with van der Waals surface area (Å²) in [7, 11) is 0. The zero-order chi connectivity index (χ0) is 15.3. The van der Waals surface area contributed by atoms with Crippen molar-refractivity contribution in [1.29, 1.82) is 0 Å². The van der Waals surface area contributed by atoms with Crippen molar-refractivity contribution in [2.75, 3.05) is 11.6 Å². The van der Waals surface area contributed by atoms with Gasteiger partial charge in [-0.1, -0.05) is 42.5 Å². The van der Waals surface area contributed by atoms with Crippen molar-refractivity contribution in [3.8, 4) is 0 Å². The van der Waals surface area contributed by atoms with E-state index in [2.05, 4.69) is 5.32 Å². The number of hydrogen-bond acceptors (Lipinski definition) is 2. The fraction of sp³-hybridized carbons (Fsp3) is 0.250. The lowest BCUT2D eigenvalue weighted by atomic mass is 10.0. The Morgan fingerprint density at radius 1 is 1.00 bits per heavy atom. The van der Waals surface area contributed by atoms with Gasteiger partial charge in [-0.25, -0.2) is 0 Å². The molecule has 5 heteroatoms. The molecule has 2 rings (SSSR count). The van der Waals surface area contributed by atoms with Gasteiger partial charge in [-0.2, -0.15) is 13.2 Å². The average Bonchev–Trinajstić information content (AvgIpc) is 2.47. The normalized spacial score (nSPS) is 13.0. The molecule has 0 heterocycles. The van der Waals surface area contributed by atoms with Crippen molar-refractivity contribution >= 4 is 17.4 Å². The van der Waals surface area contributed by atoms with E-state index in [9.17, 15) is 13.2 Å². The molecule has 1 unspecified atom stereocenters. The molecule has 1 N–H and O–H groups in total. The van der Waals surface area contributed by atoms with Gasteiger partial charge in [-0.3, -0.25) is 0 Å². The predicted molar refractivity (Wildman–Crippen MR) is 81.7 cm³/mol. The highest BCUT2D eigenvalue weighted by atomic mass is 32.2. The number of halogens is 3. The summed E-state index contributed by atoms with van der Waals surface area (Å²) in [5, 5.41) is 3.03. The molecule has 21 heavy (non-hydrogen) atoms. The van der Waals surface area contributed by atoms with E-state index in [1.165, 1.54) is 11.8 Å². The third-order valence-corrected chi connectivity index (χ3v) is 3.87. The molecular weight excluding hydrogens is 295 g/mol. The summed E-state index contributed by atoms with van der Waals surface area (Å²) in [5.41, 5.74) is 1.36. The number of benzene rings is 2. The summed E-state index contributed by atoms with van der Waals surface area (Å²) in [6.45, 7) is 0. The summed E-state index contributed by atoms with van der Waals surface area (Å²) in [6.07, 6.45) is -3.22. The van der Waals surface area contributed by atoms with Crippen LogP contribution in [-0.4, -0.2) is 12.4 Å². The van der Waals surface area contributed by atoms with Crippen molar-refractivity contribution in [1.82, 2.24) is 0 Å². The first-order valence-electron chi connectivity index (χ1n) is 6.51. The minimum Gasteiger partial charge on any atom is -0.377 e. The maximum absolute atomic E-state index is 12.8. The van der Waals surface area contributed by atoms with E-state index in [0.29, 0.717) is 5.56 Å². The second kappa shape index (κ2) is 6.89. The lowest BCUT2D eigenvalue weighted by molar-refractivity contribution is -0.137. The standard InChI is InChI=1S/C16H16F3NS/c1-21-15-10-6-5-9-13(15)20-14(11-16(17,18)19)12-7-3-2-4-8-12/h2-10,14,20H,11H2,1H3. The van der Waals surface area contributed by atoms with Crippen LogP contribution in [0.5, 0.6) is 0 Å². The van der Waals surface area contributed by atoms with Crippen molar-refractivity contribution < 1.29 is 13.2 Å². The Morgan fingerprint density at radius 2 is 1.62 bits per heavy atom. The molecule has 112 valence electrons. The smallest absolute Gasteiger partial charge is 0.377 e. The van der Waals surface area contributed by atoms with Gasteiger partial charge in [0.15, 0.2) is 0 Å². The van der Waals surface area contributed by atoms with Crippen LogP contribution in [0.2, 0.25) is 0 Å². The zero-order valence-corrected chi connectivity index (χ0v) is 12.3. The van der Waals surface area contributed by atoms with Crippen LogP contribution in [0.4, 0.5) is 18.9 Å². The Labute approximate surface area is 126 Å². The third-order valence-electron chi connectivity index (χ3n) is 3.07. The number of thioether (sulfide) groups is 1. The molecule has 0 aromatic heterocycles. The number of hydrogen-bond donors (Lipinski definition) is 1. The van der Waals surface area contributed by atoms with E-state index in [1.54, 1.807) is 36.4 Å². The molecule has 0 bridgehead atoms. The van der Waals surface area contributed by atoms with Crippen molar-refractivity contribution in [3.05, 3.63) is 60.2 Å². The highest BCUT2D eigenvalue weighted by molar-refractivity contribution is 7.98. The largest absolute Gasteiger partial charge is 0.391 e. The molecule has 0 saturated heterocycles. The maximum atomic E-state index is 12.8. The number of alkyl halides is 3. The quantitative estimate of drug-likeness (QED) is 0.730. The molecule has 1 atom stereocenters. The highest BCUT2D eigenvalue weighted by Crippen LogP contribution is 2.34. The van der Waals surface area contributed by atoms with Gasteiger partial charge in [-0.05, 0) is 24.0 Å². The minimum absolute atomic E-state index is 0.630. The molecule has 0 aliphatic heterocycles. The Bertz CT molecular complexity index is 569. The molecule has 0 spiro atoms. The summed E-state index contributed by atoms with van der Waals surface area (Å²) in [6, 6.07) is 15.3. The Balaban J connectivity index is 2.28.